The fourth-order valence-corrected chi connectivity index (χ4v) is 3.68. The van der Waals surface area contributed by atoms with E-state index in [0.717, 1.165) is 0 Å². The summed E-state index contributed by atoms with van der Waals surface area (Å²) >= 11 is 1.41. The number of thiophene rings is 1. The van der Waals surface area contributed by atoms with Crippen molar-refractivity contribution in [2.75, 3.05) is 6.54 Å². The maximum absolute atomic E-state index is 13.0. The van der Waals surface area contributed by atoms with Crippen LogP contribution in [0, 0.1) is 11.8 Å². The summed E-state index contributed by atoms with van der Waals surface area (Å²) in [6.07, 6.45) is -2.97. The molecule has 1 heterocycles. The molecular formula is C15H20F3NO2S. The highest BCUT2D eigenvalue weighted by Crippen LogP contribution is 2.41. The van der Waals surface area contributed by atoms with Crippen LogP contribution in [-0.2, 0) is 10.4 Å². The van der Waals surface area contributed by atoms with Gasteiger partial charge in [0.05, 0.1) is 12.5 Å². The van der Waals surface area contributed by atoms with E-state index in [2.05, 4.69) is 5.32 Å². The molecule has 0 aliphatic heterocycles. The van der Waals surface area contributed by atoms with Crippen molar-refractivity contribution in [3.05, 3.63) is 22.4 Å². The average molecular weight is 335 g/mol. The Labute approximate surface area is 131 Å². The zero-order chi connectivity index (χ0) is 16.4. The second kappa shape index (κ2) is 6.58. The molecule has 2 rings (SSSR count). The molecule has 0 aromatic carbocycles. The van der Waals surface area contributed by atoms with Crippen molar-refractivity contribution in [1.29, 1.82) is 0 Å². The Morgan fingerprint density at radius 1 is 1.41 bits per heavy atom. The van der Waals surface area contributed by atoms with E-state index in [-0.39, 0.29) is 19.4 Å². The molecule has 3 atom stereocenters. The lowest BCUT2D eigenvalue weighted by Gasteiger charge is -2.33. The van der Waals surface area contributed by atoms with Crippen LogP contribution in [0.5, 0.6) is 0 Å². The molecule has 1 aromatic rings. The monoisotopic (exact) mass is 335 g/mol. The Bertz CT molecular complexity index is 499. The van der Waals surface area contributed by atoms with Crippen LogP contribution in [0.4, 0.5) is 13.2 Å². The summed E-state index contributed by atoms with van der Waals surface area (Å²) in [5.74, 6) is -3.24. The molecule has 1 aliphatic rings. The zero-order valence-electron chi connectivity index (χ0n) is 12.3. The van der Waals surface area contributed by atoms with Crippen LogP contribution in [0.15, 0.2) is 16.8 Å². The largest absolute Gasteiger partial charge is 0.392 e. The van der Waals surface area contributed by atoms with E-state index in [1.54, 1.807) is 16.8 Å². The molecule has 1 amide bonds. The number of hydrogen-bond acceptors (Lipinski definition) is 3. The molecule has 0 radical (unpaired) electrons. The van der Waals surface area contributed by atoms with Crippen molar-refractivity contribution < 1.29 is 23.1 Å². The highest BCUT2D eigenvalue weighted by molar-refractivity contribution is 7.08. The highest BCUT2D eigenvalue weighted by Gasteiger charge is 2.48. The SMILES string of the molecule is CC(O)(CNC(=O)C1CCCCC1C(F)(F)F)c1ccsc1. The Morgan fingerprint density at radius 2 is 2.09 bits per heavy atom. The molecule has 22 heavy (non-hydrogen) atoms. The van der Waals surface area contributed by atoms with E-state index in [1.807, 2.05) is 0 Å². The molecule has 1 saturated carbocycles. The number of carbonyl (C=O) groups excluding carboxylic acids is 1. The first kappa shape index (κ1) is 17.3. The maximum Gasteiger partial charge on any atom is 0.392 e. The minimum absolute atomic E-state index is 0.00249. The van der Waals surface area contributed by atoms with E-state index in [9.17, 15) is 23.1 Å². The molecule has 2 N–H and O–H groups in total. The van der Waals surface area contributed by atoms with Crippen molar-refractivity contribution in [3.8, 4) is 0 Å². The summed E-state index contributed by atoms with van der Waals surface area (Å²) in [4.78, 5) is 12.2. The summed E-state index contributed by atoms with van der Waals surface area (Å²) in [5.41, 5.74) is -0.633. The van der Waals surface area contributed by atoms with Gasteiger partial charge in [0.25, 0.3) is 0 Å². The van der Waals surface area contributed by atoms with Gasteiger partial charge in [-0.3, -0.25) is 4.79 Å². The summed E-state index contributed by atoms with van der Waals surface area (Å²) in [7, 11) is 0. The van der Waals surface area contributed by atoms with Gasteiger partial charge in [0, 0.05) is 5.92 Å². The number of rotatable bonds is 4. The van der Waals surface area contributed by atoms with Gasteiger partial charge in [-0.15, -0.1) is 0 Å². The van der Waals surface area contributed by atoms with Crippen LogP contribution in [0.2, 0.25) is 0 Å². The summed E-state index contributed by atoms with van der Waals surface area (Å²) in [5, 5.41) is 16.4. The number of nitrogens with one attached hydrogen (secondary N) is 1. The molecule has 0 saturated heterocycles. The van der Waals surface area contributed by atoms with Gasteiger partial charge in [-0.05, 0) is 42.2 Å². The van der Waals surface area contributed by atoms with E-state index in [4.69, 9.17) is 0 Å². The van der Waals surface area contributed by atoms with Crippen molar-refractivity contribution >= 4 is 17.2 Å². The summed E-state index contributed by atoms with van der Waals surface area (Å²) < 4.78 is 39.1. The summed E-state index contributed by atoms with van der Waals surface area (Å²) in [6, 6.07) is 1.73. The average Bonchev–Trinajstić information content (AvgIpc) is 2.99. The van der Waals surface area contributed by atoms with Gasteiger partial charge in [0.1, 0.15) is 5.60 Å². The first-order valence-corrected chi connectivity index (χ1v) is 8.25. The number of alkyl halides is 3. The fraction of sp³-hybridized carbons (Fsp3) is 0.667. The molecule has 0 bridgehead atoms. The van der Waals surface area contributed by atoms with Crippen LogP contribution in [0.1, 0.15) is 38.2 Å². The van der Waals surface area contributed by atoms with E-state index < -0.39 is 29.5 Å². The molecule has 1 aliphatic carbocycles. The fourth-order valence-electron chi connectivity index (χ4n) is 2.90. The number of halogens is 3. The van der Waals surface area contributed by atoms with E-state index >= 15 is 0 Å². The van der Waals surface area contributed by atoms with Crippen LogP contribution < -0.4 is 5.32 Å². The molecular weight excluding hydrogens is 315 g/mol. The third-order valence-electron chi connectivity index (χ3n) is 4.27. The standard InChI is InChI=1S/C15H20F3NO2S/c1-14(21,10-6-7-22-8-10)9-19-13(20)11-4-2-3-5-12(11)15(16,17)18/h6-8,11-12,21H,2-5,9H2,1H3,(H,19,20). The van der Waals surface area contributed by atoms with E-state index in [1.165, 1.54) is 18.3 Å². The van der Waals surface area contributed by atoms with Gasteiger partial charge in [0.2, 0.25) is 5.91 Å². The Kier molecular flexibility index (Phi) is 5.17. The Hall–Kier alpha value is -1.08. The quantitative estimate of drug-likeness (QED) is 0.885. The lowest BCUT2D eigenvalue weighted by molar-refractivity contribution is -0.198. The van der Waals surface area contributed by atoms with Crippen molar-refractivity contribution in [2.24, 2.45) is 11.8 Å². The van der Waals surface area contributed by atoms with Crippen LogP contribution in [-0.4, -0.2) is 23.7 Å². The molecule has 3 nitrogen and oxygen atoms in total. The third-order valence-corrected chi connectivity index (χ3v) is 4.96. The zero-order valence-corrected chi connectivity index (χ0v) is 13.1. The Morgan fingerprint density at radius 3 is 2.68 bits per heavy atom. The van der Waals surface area contributed by atoms with E-state index in [0.29, 0.717) is 18.4 Å². The Balaban J connectivity index is 1.99. The highest BCUT2D eigenvalue weighted by atomic mass is 32.1. The molecule has 0 spiro atoms. The van der Waals surface area contributed by atoms with Crippen LogP contribution in [0.3, 0.4) is 0 Å². The van der Waals surface area contributed by atoms with Gasteiger partial charge in [0.15, 0.2) is 0 Å². The van der Waals surface area contributed by atoms with Crippen molar-refractivity contribution in [2.45, 2.75) is 44.4 Å². The van der Waals surface area contributed by atoms with Gasteiger partial charge >= 0.3 is 6.18 Å². The number of carbonyl (C=O) groups is 1. The molecule has 1 aromatic heterocycles. The third kappa shape index (κ3) is 4.01. The lowest BCUT2D eigenvalue weighted by atomic mass is 9.78. The predicted octanol–water partition coefficient (Wildman–Crippen LogP) is 3.44. The second-order valence-corrected chi connectivity index (χ2v) is 6.82. The van der Waals surface area contributed by atoms with Gasteiger partial charge in [-0.1, -0.05) is 12.8 Å². The molecule has 3 unspecified atom stereocenters. The normalized spacial score (nSPS) is 25.5. The molecule has 7 heteroatoms. The topological polar surface area (TPSA) is 49.3 Å². The van der Waals surface area contributed by atoms with Crippen molar-refractivity contribution in [1.82, 2.24) is 5.32 Å². The summed E-state index contributed by atoms with van der Waals surface area (Å²) in [6.45, 7) is 1.45. The van der Waals surface area contributed by atoms with Crippen LogP contribution >= 0.6 is 11.3 Å². The van der Waals surface area contributed by atoms with Crippen LogP contribution in [0.25, 0.3) is 0 Å². The minimum atomic E-state index is -4.35. The first-order valence-electron chi connectivity index (χ1n) is 7.31. The lowest BCUT2D eigenvalue weighted by Crippen LogP contribution is -2.46. The van der Waals surface area contributed by atoms with Gasteiger partial charge in [-0.25, -0.2) is 0 Å². The minimum Gasteiger partial charge on any atom is -0.384 e. The molecule has 1 fully saturated rings. The smallest absolute Gasteiger partial charge is 0.384 e. The van der Waals surface area contributed by atoms with Gasteiger partial charge < -0.3 is 10.4 Å². The second-order valence-electron chi connectivity index (χ2n) is 6.04. The number of amides is 1. The van der Waals surface area contributed by atoms with Crippen molar-refractivity contribution in [3.63, 3.8) is 0 Å². The molecule has 124 valence electrons. The number of aliphatic hydroxyl groups is 1. The van der Waals surface area contributed by atoms with Gasteiger partial charge in [-0.2, -0.15) is 24.5 Å². The maximum atomic E-state index is 13.0. The predicted molar refractivity (Wildman–Crippen MR) is 78.4 cm³/mol. The number of hydrogen-bond donors (Lipinski definition) is 2. The first-order chi connectivity index (χ1) is 10.2.